The maximum Gasteiger partial charge on any atom is 0.257 e. The van der Waals surface area contributed by atoms with Crippen LogP contribution in [0.1, 0.15) is 29.9 Å². The van der Waals surface area contributed by atoms with Gasteiger partial charge < -0.3 is 14.7 Å². The highest BCUT2D eigenvalue weighted by atomic mass is 16.5. The van der Waals surface area contributed by atoms with Crippen LogP contribution in [0.15, 0.2) is 16.8 Å². The molecule has 0 unspecified atom stereocenters. The number of aromatic nitrogens is 2. The molecule has 0 radical (unpaired) electrons. The van der Waals surface area contributed by atoms with Gasteiger partial charge in [0.2, 0.25) is 0 Å². The summed E-state index contributed by atoms with van der Waals surface area (Å²) in [5.41, 5.74) is 1.65. The molecule has 130 valence electrons. The monoisotopic (exact) mass is 331 g/mol. The summed E-state index contributed by atoms with van der Waals surface area (Å²) in [6.45, 7) is 10.9. The summed E-state index contributed by atoms with van der Waals surface area (Å²) in [6, 6.07) is 1.78. The Hall–Kier alpha value is -1.99. The highest BCUT2D eigenvalue weighted by Gasteiger charge is 2.29. The van der Waals surface area contributed by atoms with E-state index in [0.717, 1.165) is 37.3 Å². The molecule has 2 aromatic heterocycles. The van der Waals surface area contributed by atoms with Crippen LogP contribution in [0.4, 0.5) is 0 Å². The molecule has 1 N–H and O–H groups in total. The number of likely N-dealkylation sites (N-methyl/N-ethyl adjacent to an activating group) is 1. The number of rotatable bonds is 4. The number of amides is 1. The normalized spacial score (nSPS) is 17.3. The van der Waals surface area contributed by atoms with Crippen molar-refractivity contribution in [3.05, 3.63) is 23.5 Å². The van der Waals surface area contributed by atoms with Gasteiger partial charge in [-0.3, -0.25) is 9.69 Å². The van der Waals surface area contributed by atoms with E-state index in [-0.39, 0.29) is 11.4 Å². The summed E-state index contributed by atoms with van der Waals surface area (Å²) in [6.07, 6.45) is 1.53. The summed E-state index contributed by atoms with van der Waals surface area (Å²) in [5, 5.41) is 7.69. The minimum absolute atomic E-state index is 0.0818. The first-order valence-electron chi connectivity index (χ1n) is 8.31. The fourth-order valence-corrected chi connectivity index (χ4v) is 2.99. The minimum Gasteiger partial charge on any atom is -0.350 e. The van der Waals surface area contributed by atoms with Crippen molar-refractivity contribution in [2.24, 2.45) is 0 Å². The molecule has 0 aliphatic carbocycles. The molecule has 0 bridgehead atoms. The Kier molecular flexibility index (Phi) is 4.56. The predicted molar refractivity (Wildman–Crippen MR) is 92.0 cm³/mol. The second-order valence-electron chi connectivity index (χ2n) is 7.13. The Bertz CT molecular complexity index is 732. The van der Waals surface area contributed by atoms with E-state index in [1.54, 1.807) is 6.07 Å². The van der Waals surface area contributed by atoms with E-state index >= 15 is 0 Å². The van der Waals surface area contributed by atoms with Gasteiger partial charge in [-0.2, -0.15) is 0 Å². The van der Waals surface area contributed by atoms with E-state index in [1.165, 1.54) is 6.20 Å². The van der Waals surface area contributed by atoms with Crippen molar-refractivity contribution in [2.75, 3.05) is 39.8 Å². The van der Waals surface area contributed by atoms with Crippen molar-refractivity contribution >= 4 is 17.0 Å². The van der Waals surface area contributed by atoms with Crippen LogP contribution in [0.3, 0.4) is 0 Å². The molecule has 2 aromatic rings. The molecule has 0 spiro atoms. The molecule has 0 saturated carbocycles. The van der Waals surface area contributed by atoms with Crippen molar-refractivity contribution in [2.45, 2.75) is 26.3 Å². The molecule has 1 aliphatic rings. The van der Waals surface area contributed by atoms with Gasteiger partial charge in [0.1, 0.15) is 0 Å². The number of nitrogens with one attached hydrogen (secondary N) is 1. The Balaban J connectivity index is 1.64. The average molecular weight is 331 g/mol. The second-order valence-corrected chi connectivity index (χ2v) is 7.13. The number of carbonyl (C=O) groups excluding carboxylic acids is 1. The van der Waals surface area contributed by atoms with Crippen LogP contribution in [0.2, 0.25) is 0 Å². The number of fused-ring (bicyclic) bond motifs is 1. The van der Waals surface area contributed by atoms with Crippen molar-refractivity contribution < 1.29 is 9.32 Å². The lowest BCUT2D eigenvalue weighted by Gasteiger charge is -2.43. The molecule has 7 nitrogen and oxygen atoms in total. The number of carbonyl (C=O) groups is 1. The number of piperazine rings is 1. The van der Waals surface area contributed by atoms with Gasteiger partial charge in [-0.15, -0.1) is 0 Å². The summed E-state index contributed by atoms with van der Waals surface area (Å²) in [7, 11) is 2.14. The van der Waals surface area contributed by atoms with Crippen molar-refractivity contribution in [3.63, 3.8) is 0 Å². The Morgan fingerprint density at radius 3 is 2.75 bits per heavy atom. The number of aryl methyl sites for hydroxylation is 1. The molecule has 1 amide bonds. The van der Waals surface area contributed by atoms with E-state index in [2.05, 4.69) is 46.2 Å². The summed E-state index contributed by atoms with van der Waals surface area (Å²) < 4.78 is 5.08. The summed E-state index contributed by atoms with van der Waals surface area (Å²) >= 11 is 0. The van der Waals surface area contributed by atoms with E-state index in [1.807, 2.05) is 6.92 Å². The topological polar surface area (TPSA) is 74.5 Å². The van der Waals surface area contributed by atoms with Gasteiger partial charge in [0.15, 0.2) is 0 Å². The second kappa shape index (κ2) is 6.49. The minimum atomic E-state index is -0.118. The third-order valence-electron chi connectivity index (χ3n) is 4.81. The lowest BCUT2D eigenvalue weighted by atomic mass is 10.0. The van der Waals surface area contributed by atoms with Crippen LogP contribution in [-0.4, -0.2) is 71.2 Å². The largest absolute Gasteiger partial charge is 0.350 e. The first-order chi connectivity index (χ1) is 11.4. The Morgan fingerprint density at radius 2 is 2.04 bits per heavy atom. The lowest BCUT2D eigenvalue weighted by Crippen LogP contribution is -2.57. The molecule has 1 saturated heterocycles. The summed E-state index contributed by atoms with van der Waals surface area (Å²) in [5.74, 6) is -0.118. The van der Waals surface area contributed by atoms with E-state index < -0.39 is 0 Å². The lowest BCUT2D eigenvalue weighted by molar-refractivity contribution is 0.0588. The first-order valence-corrected chi connectivity index (χ1v) is 8.31. The van der Waals surface area contributed by atoms with Gasteiger partial charge in [-0.05, 0) is 33.9 Å². The fraction of sp³-hybridized carbons (Fsp3) is 0.588. The smallest absolute Gasteiger partial charge is 0.257 e. The van der Waals surface area contributed by atoms with E-state index in [9.17, 15) is 4.79 Å². The van der Waals surface area contributed by atoms with Crippen molar-refractivity contribution in [1.29, 1.82) is 0 Å². The summed E-state index contributed by atoms with van der Waals surface area (Å²) in [4.78, 5) is 21.4. The fourth-order valence-electron chi connectivity index (χ4n) is 2.99. The quantitative estimate of drug-likeness (QED) is 0.910. The third kappa shape index (κ3) is 3.42. The highest BCUT2D eigenvalue weighted by Crippen LogP contribution is 2.18. The molecule has 7 heteroatoms. The third-order valence-corrected chi connectivity index (χ3v) is 4.81. The first kappa shape index (κ1) is 16.9. The molecular weight excluding hydrogens is 306 g/mol. The Morgan fingerprint density at radius 1 is 1.33 bits per heavy atom. The van der Waals surface area contributed by atoms with Crippen molar-refractivity contribution in [1.82, 2.24) is 25.3 Å². The van der Waals surface area contributed by atoms with Crippen molar-refractivity contribution in [3.8, 4) is 0 Å². The SMILES string of the molecule is Cc1noc2ncc(C(=O)NCC(C)(C)N3CCN(C)CC3)cc12. The zero-order valence-electron chi connectivity index (χ0n) is 14.8. The van der Waals surface area contributed by atoms with Crippen LogP contribution in [0.25, 0.3) is 11.1 Å². The molecule has 1 aliphatic heterocycles. The van der Waals surface area contributed by atoms with Gasteiger partial charge in [-0.25, -0.2) is 4.98 Å². The highest BCUT2D eigenvalue weighted by molar-refractivity contribution is 5.97. The van der Waals surface area contributed by atoms with Gasteiger partial charge in [0.05, 0.1) is 16.6 Å². The number of hydrogen-bond acceptors (Lipinski definition) is 6. The van der Waals surface area contributed by atoms with Gasteiger partial charge in [0.25, 0.3) is 11.6 Å². The van der Waals surface area contributed by atoms with Crippen LogP contribution < -0.4 is 5.32 Å². The Labute approximate surface area is 142 Å². The van der Waals surface area contributed by atoms with Gasteiger partial charge >= 0.3 is 0 Å². The molecule has 0 aromatic carbocycles. The zero-order valence-corrected chi connectivity index (χ0v) is 14.8. The van der Waals surface area contributed by atoms with Gasteiger partial charge in [0, 0.05) is 44.5 Å². The zero-order chi connectivity index (χ0) is 17.3. The standard InChI is InChI=1S/C17H25N5O2/c1-12-14-9-13(10-18-16(14)24-20-12)15(23)19-11-17(2,3)22-7-5-21(4)6-8-22/h9-10H,5-8,11H2,1-4H3,(H,19,23). The van der Waals surface area contributed by atoms with Crippen LogP contribution in [0, 0.1) is 6.92 Å². The van der Waals surface area contributed by atoms with Crippen LogP contribution >= 0.6 is 0 Å². The molecule has 3 rings (SSSR count). The molecule has 3 heterocycles. The molecule has 24 heavy (non-hydrogen) atoms. The number of pyridine rings is 1. The predicted octanol–water partition coefficient (Wildman–Crippen LogP) is 1.29. The van der Waals surface area contributed by atoms with E-state index in [0.29, 0.717) is 17.8 Å². The molecular formula is C17H25N5O2. The van der Waals surface area contributed by atoms with E-state index in [4.69, 9.17) is 4.52 Å². The maximum atomic E-state index is 12.5. The number of hydrogen-bond donors (Lipinski definition) is 1. The number of nitrogens with zero attached hydrogens (tertiary/aromatic N) is 4. The molecule has 1 fully saturated rings. The maximum absolute atomic E-state index is 12.5. The van der Waals surface area contributed by atoms with Crippen LogP contribution in [0.5, 0.6) is 0 Å². The average Bonchev–Trinajstić information content (AvgIpc) is 2.94. The van der Waals surface area contributed by atoms with Crippen LogP contribution in [-0.2, 0) is 0 Å². The molecule has 0 atom stereocenters. The van der Waals surface area contributed by atoms with Gasteiger partial charge in [-0.1, -0.05) is 5.16 Å².